The number of rotatable bonds is 4. The first-order valence-corrected chi connectivity index (χ1v) is 5.99. The van der Waals surface area contributed by atoms with Gasteiger partial charge in [-0.15, -0.1) is 0 Å². The predicted octanol–water partition coefficient (Wildman–Crippen LogP) is 2.64. The number of carboxylic acid groups (broad SMARTS) is 1. The third-order valence-corrected chi connectivity index (χ3v) is 3.09. The van der Waals surface area contributed by atoms with E-state index in [1.165, 1.54) is 11.6 Å². The fourth-order valence-corrected chi connectivity index (χ4v) is 2.13. The van der Waals surface area contributed by atoms with Crippen LogP contribution in [0, 0.1) is 0 Å². The van der Waals surface area contributed by atoms with Gasteiger partial charge in [0.2, 0.25) is 0 Å². The molecule has 17 heavy (non-hydrogen) atoms. The maximum Gasteiger partial charge on any atom is 0.337 e. The van der Waals surface area contributed by atoms with Gasteiger partial charge in [0.25, 0.3) is 0 Å². The van der Waals surface area contributed by atoms with E-state index in [2.05, 4.69) is 10.7 Å². The Morgan fingerprint density at radius 3 is 2.82 bits per heavy atom. The Morgan fingerprint density at radius 2 is 2.24 bits per heavy atom. The number of aromatic carboxylic acids is 1. The van der Waals surface area contributed by atoms with Crippen molar-refractivity contribution in [3.8, 4) is 0 Å². The lowest BCUT2D eigenvalue weighted by molar-refractivity contribution is 0.0698. The maximum absolute atomic E-state index is 10.8. The minimum Gasteiger partial charge on any atom is -0.478 e. The Kier molecular flexibility index (Phi) is 3.30. The summed E-state index contributed by atoms with van der Waals surface area (Å²) in [6, 6.07) is 6.89. The van der Waals surface area contributed by atoms with E-state index in [4.69, 9.17) is 10.8 Å². The Balaban J connectivity index is 2.07. The Bertz CT molecular complexity index is 523. The number of nitrogens with one attached hydrogen (secondary N) is 1. The molecule has 0 aliphatic heterocycles. The van der Waals surface area contributed by atoms with E-state index < -0.39 is 5.97 Å². The number of benzene rings is 1. The van der Waals surface area contributed by atoms with Gasteiger partial charge in [0.05, 0.1) is 5.56 Å². The maximum atomic E-state index is 10.8. The quantitative estimate of drug-likeness (QED) is 0.727. The van der Waals surface area contributed by atoms with Crippen LogP contribution in [-0.4, -0.2) is 11.1 Å². The third-order valence-electron chi connectivity index (χ3n) is 2.36. The molecular formula is C12H12N2O2S. The molecule has 2 rings (SSSR count). The van der Waals surface area contributed by atoms with Crippen molar-refractivity contribution in [1.29, 1.82) is 0 Å². The summed E-state index contributed by atoms with van der Waals surface area (Å²) >= 11 is 1.64. The fraction of sp³-hybridized carbons (Fsp3) is 0.0833. The first-order chi connectivity index (χ1) is 8.16. The van der Waals surface area contributed by atoms with E-state index in [9.17, 15) is 4.79 Å². The van der Waals surface area contributed by atoms with E-state index in [1.54, 1.807) is 23.5 Å². The number of nitrogens with two attached hydrogens (primary N) is 1. The zero-order valence-electron chi connectivity index (χ0n) is 9.01. The molecule has 1 heterocycles. The summed E-state index contributed by atoms with van der Waals surface area (Å²) in [5.74, 6) is -1.01. The van der Waals surface area contributed by atoms with Gasteiger partial charge in [-0.2, -0.15) is 11.3 Å². The molecule has 0 saturated carbocycles. The lowest BCUT2D eigenvalue weighted by Crippen LogP contribution is -2.04. The number of nitrogen functional groups attached to an aromatic ring is 1. The normalized spacial score (nSPS) is 10.1. The van der Waals surface area contributed by atoms with Crippen LogP contribution in [0.15, 0.2) is 35.0 Å². The zero-order chi connectivity index (χ0) is 12.3. The van der Waals surface area contributed by atoms with Gasteiger partial charge in [0.15, 0.2) is 0 Å². The predicted molar refractivity (Wildman–Crippen MR) is 69.5 cm³/mol. The monoisotopic (exact) mass is 248 g/mol. The van der Waals surface area contributed by atoms with Gasteiger partial charge in [0, 0.05) is 17.9 Å². The molecule has 4 nitrogen and oxygen atoms in total. The number of carbonyl (C=O) groups is 1. The van der Waals surface area contributed by atoms with Gasteiger partial charge in [-0.1, -0.05) is 0 Å². The smallest absolute Gasteiger partial charge is 0.337 e. The number of anilines is 2. The van der Waals surface area contributed by atoms with E-state index >= 15 is 0 Å². The van der Waals surface area contributed by atoms with Crippen LogP contribution in [0.3, 0.4) is 0 Å². The van der Waals surface area contributed by atoms with Crippen LogP contribution in [0.1, 0.15) is 15.9 Å². The molecule has 0 atom stereocenters. The van der Waals surface area contributed by atoms with Crippen LogP contribution in [0.2, 0.25) is 0 Å². The summed E-state index contributed by atoms with van der Waals surface area (Å²) in [4.78, 5) is 10.8. The molecule has 2 aromatic rings. The molecule has 0 bridgehead atoms. The Hall–Kier alpha value is -2.01. The molecule has 0 aliphatic rings. The highest BCUT2D eigenvalue weighted by Gasteiger charge is 2.07. The van der Waals surface area contributed by atoms with Gasteiger partial charge in [-0.25, -0.2) is 4.79 Å². The summed E-state index contributed by atoms with van der Waals surface area (Å²) in [6.07, 6.45) is 0. The molecule has 0 fully saturated rings. The lowest BCUT2D eigenvalue weighted by Gasteiger charge is -2.07. The van der Waals surface area contributed by atoms with Gasteiger partial charge in [-0.3, -0.25) is 0 Å². The van der Waals surface area contributed by atoms with Crippen LogP contribution < -0.4 is 11.1 Å². The van der Waals surface area contributed by atoms with Crippen molar-refractivity contribution in [3.63, 3.8) is 0 Å². The average molecular weight is 248 g/mol. The van der Waals surface area contributed by atoms with E-state index in [1.807, 2.05) is 11.4 Å². The van der Waals surface area contributed by atoms with Crippen molar-refractivity contribution in [2.75, 3.05) is 11.1 Å². The van der Waals surface area contributed by atoms with Crippen LogP contribution in [0.4, 0.5) is 11.4 Å². The second kappa shape index (κ2) is 4.88. The summed E-state index contributed by atoms with van der Waals surface area (Å²) < 4.78 is 0. The SMILES string of the molecule is Nc1cc(NCc2ccsc2)ccc1C(=O)O. The van der Waals surface area contributed by atoms with E-state index in [0.29, 0.717) is 6.54 Å². The summed E-state index contributed by atoms with van der Waals surface area (Å²) in [5, 5.41) is 16.1. The number of thiophene rings is 1. The molecule has 88 valence electrons. The highest BCUT2D eigenvalue weighted by Crippen LogP contribution is 2.19. The third kappa shape index (κ3) is 2.76. The molecule has 1 aromatic carbocycles. The Labute approximate surface area is 103 Å². The highest BCUT2D eigenvalue weighted by atomic mass is 32.1. The molecule has 0 spiro atoms. The molecule has 5 heteroatoms. The zero-order valence-corrected chi connectivity index (χ0v) is 9.83. The molecule has 0 saturated heterocycles. The van der Waals surface area contributed by atoms with Crippen LogP contribution in [0.5, 0.6) is 0 Å². The first kappa shape index (κ1) is 11.5. The van der Waals surface area contributed by atoms with Crippen molar-refractivity contribution in [3.05, 3.63) is 46.2 Å². The molecule has 0 unspecified atom stereocenters. The molecule has 0 amide bonds. The second-order valence-electron chi connectivity index (χ2n) is 3.59. The topological polar surface area (TPSA) is 75.3 Å². The van der Waals surface area contributed by atoms with E-state index in [0.717, 1.165) is 5.69 Å². The molecule has 4 N–H and O–H groups in total. The van der Waals surface area contributed by atoms with Gasteiger partial charge in [-0.05, 0) is 40.6 Å². The van der Waals surface area contributed by atoms with Gasteiger partial charge >= 0.3 is 5.97 Å². The average Bonchev–Trinajstić information content (AvgIpc) is 2.78. The van der Waals surface area contributed by atoms with Gasteiger partial charge in [0.1, 0.15) is 0 Å². The number of hydrogen-bond donors (Lipinski definition) is 3. The van der Waals surface area contributed by atoms with Crippen molar-refractivity contribution >= 4 is 28.7 Å². The molecular weight excluding hydrogens is 236 g/mol. The lowest BCUT2D eigenvalue weighted by atomic mass is 10.1. The van der Waals surface area contributed by atoms with Crippen molar-refractivity contribution in [1.82, 2.24) is 0 Å². The second-order valence-corrected chi connectivity index (χ2v) is 4.37. The van der Waals surface area contributed by atoms with Crippen molar-refractivity contribution < 1.29 is 9.90 Å². The van der Waals surface area contributed by atoms with Crippen LogP contribution in [0.25, 0.3) is 0 Å². The molecule has 0 aliphatic carbocycles. The first-order valence-electron chi connectivity index (χ1n) is 5.04. The van der Waals surface area contributed by atoms with Crippen molar-refractivity contribution in [2.24, 2.45) is 0 Å². The van der Waals surface area contributed by atoms with Gasteiger partial charge < -0.3 is 16.2 Å². The Morgan fingerprint density at radius 1 is 1.41 bits per heavy atom. The summed E-state index contributed by atoms with van der Waals surface area (Å²) in [7, 11) is 0. The van der Waals surface area contributed by atoms with Crippen molar-refractivity contribution in [2.45, 2.75) is 6.54 Å². The number of carboxylic acids is 1. The largest absolute Gasteiger partial charge is 0.478 e. The number of hydrogen-bond acceptors (Lipinski definition) is 4. The highest BCUT2D eigenvalue weighted by molar-refractivity contribution is 7.07. The fourth-order valence-electron chi connectivity index (χ4n) is 1.46. The standard InChI is InChI=1S/C12H12N2O2S/c13-11-5-9(1-2-10(11)12(15)16)14-6-8-3-4-17-7-8/h1-5,7,14H,6,13H2,(H,15,16). The van der Waals surface area contributed by atoms with Crippen LogP contribution >= 0.6 is 11.3 Å². The van der Waals surface area contributed by atoms with E-state index in [-0.39, 0.29) is 11.3 Å². The minimum atomic E-state index is -1.01. The molecule has 1 aromatic heterocycles. The van der Waals surface area contributed by atoms with Crippen LogP contribution in [-0.2, 0) is 6.54 Å². The minimum absolute atomic E-state index is 0.131. The summed E-state index contributed by atoms with van der Waals surface area (Å²) in [6.45, 7) is 0.704. The summed E-state index contributed by atoms with van der Waals surface area (Å²) in [5.41, 5.74) is 8.06. The molecule has 0 radical (unpaired) electrons.